The lowest BCUT2D eigenvalue weighted by atomic mass is 9.96. The zero-order chi connectivity index (χ0) is 14.9. The van der Waals surface area contributed by atoms with Gasteiger partial charge in [0.05, 0.1) is 17.4 Å². The third-order valence-electron chi connectivity index (χ3n) is 4.14. The van der Waals surface area contributed by atoms with Gasteiger partial charge in [-0.05, 0) is 19.1 Å². The van der Waals surface area contributed by atoms with Gasteiger partial charge in [0, 0.05) is 26.1 Å². The van der Waals surface area contributed by atoms with Crippen LogP contribution in [0.1, 0.15) is 23.7 Å². The molecule has 6 heteroatoms. The molecule has 6 nitrogen and oxygen atoms in total. The highest BCUT2D eigenvalue weighted by molar-refractivity contribution is 5.99. The summed E-state index contributed by atoms with van der Waals surface area (Å²) in [6, 6.07) is 5.41. The zero-order valence-electron chi connectivity index (χ0n) is 12.0. The number of fused-ring (bicyclic) bond motifs is 1. The number of nitrogens with one attached hydrogen (secondary N) is 2. The van der Waals surface area contributed by atoms with E-state index in [1.165, 1.54) is 0 Å². The minimum Gasteiger partial charge on any atom is -0.489 e. The first-order valence-electron chi connectivity index (χ1n) is 7.22. The average Bonchev–Trinajstić information content (AvgIpc) is 2.84. The maximum absolute atomic E-state index is 12.4. The van der Waals surface area contributed by atoms with Gasteiger partial charge in [0.1, 0.15) is 12.2 Å². The largest absolute Gasteiger partial charge is 0.489 e. The van der Waals surface area contributed by atoms with Crippen LogP contribution in [0.3, 0.4) is 0 Å². The molecule has 2 atom stereocenters. The third kappa shape index (κ3) is 2.69. The van der Waals surface area contributed by atoms with Crippen molar-refractivity contribution < 1.29 is 19.4 Å². The highest BCUT2D eigenvalue weighted by Gasteiger charge is 2.39. The summed E-state index contributed by atoms with van der Waals surface area (Å²) in [6.45, 7) is 3.76. The van der Waals surface area contributed by atoms with Gasteiger partial charge in [-0.2, -0.15) is 0 Å². The highest BCUT2D eigenvalue weighted by atomic mass is 16.5. The fraction of sp³-hybridized carbons (Fsp3) is 0.533. The van der Waals surface area contributed by atoms with Gasteiger partial charge in [-0.15, -0.1) is 0 Å². The van der Waals surface area contributed by atoms with Crippen LogP contribution in [0.15, 0.2) is 18.2 Å². The first kappa shape index (κ1) is 14.2. The molecule has 1 saturated heterocycles. The molecule has 114 valence electrons. The van der Waals surface area contributed by atoms with E-state index in [-0.39, 0.29) is 18.6 Å². The summed E-state index contributed by atoms with van der Waals surface area (Å²) in [5.41, 5.74) is 0.309. The monoisotopic (exact) mass is 292 g/mol. The Morgan fingerprint density at radius 1 is 1.52 bits per heavy atom. The summed E-state index contributed by atoms with van der Waals surface area (Å²) in [5, 5.41) is 16.4. The Bertz CT molecular complexity index is 548. The van der Waals surface area contributed by atoms with Gasteiger partial charge in [-0.1, -0.05) is 6.07 Å². The van der Waals surface area contributed by atoms with Gasteiger partial charge < -0.3 is 25.2 Å². The third-order valence-corrected chi connectivity index (χ3v) is 4.14. The van der Waals surface area contributed by atoms with Crippen LogP contribution in [0.25, 0.3) is 0 Å². The van der Waals surface area contributed by atoms with Crippen molar-refractivity contribution >= 4 is 11.6 Å². The molecule has 1 aromatic rings. The van der Waals surface area contributed by atoms with E-state index in [0.717, 1.165) is 12.2 Å². The Kier molecular flexibility index (Phi) is 3.73. The predicted molar refractivity (Wildman–Crippen MR) is 77.7 cm³/mol. The molecule has 0 aliphatic carbocycles. The summed E-state index contributed by atoms with van der Waals surface area (Å²) >= 11 is 0. The number of anilines is 1. The number of carbonyl (C=O) groups excluding carboxylic acids is 1. The van der Waals surface area contributed by atoms with E-state index in [1.54, 1.807) is 6.07 Å². The quantitative estimate of drug-likeness (QED) is 0.766. The Hall–Kier alpha value is -1.79. The van der Waals surface area contributed by atoms with Gasteiger partial charge >= 0.3 is 0 Å². The molecule has 2 aliphatic rings. The molecule has 1 amide bonds. The molecule has 1 fully saturated rings. The first-order chi connectivity index (χ1) is 10.1. The highest BCUT2D eigenvalue weighted by Crippen LogP contribution is 2.31. The lowest BCUT2D eigenvalue weighted by molar-refractivity contribution is -0.0251. The van der Waals surface area contributed by atoms with Gasteiger partial charge in [0.15, 0.2) is 5.75 Å². The van der Waals surface area contributed by atoms with Crippen molar-refractivity contribution in [3.05, 3.63) is 23.8 Å². The summed E-state index contributed by atoms with van der Waals surface area (Å²) in [5.74, 6) is 0.326. The SMILES string of the molecule is CC1OCCC1(O)CNC(=O)c1cccc2c1OCCN2. The number of hydrogen-bond acceptors (Lipinski definition) is 5. The molecule has 3 rings (SSSR count). The normalized spacial score (nSPS) is 27.4. The van der Waals surface area contributed by atoms with Crippen LogP contribution >= 0.6 is 0 Å². The number of aliphatic hydroxyl groups is 1. The van der Waals surface area contributed by atoms with Crippen molar-refractivity contribution in [2.45, 2.75) is 25.0 Å². The number of ether oxygens (including phenoxy) is 2. The second-order valence-electron chi connectivity index (χ2n) is 5.51. The van der Waals surface area contributed by atoms with Crippen molar-refractivity contribution in [1.82, 2.24) is 5.32 Å². The molecule has 0 spiro atoms. The topological polar surface area (TPSA) is 79.8 Å². The van der Waals surface area contributed by atoms with Gasteiger partial charge in [-0.25, -0.2) is 0 Å². The molecule has 2 heterocycles. The van der Waals surface area contributed by atoms with Crippen LogP contribution in [-0.2, 0) is 4.74 Å². The van der Waals surface area contributed by atoms with Crippen LogP contribution in [0.5, 0.6) is 5.75 Å². The van der Waals surface area contributed by atoms with Crippen molar-refractivity contribution in [3.8, 4) is 5.75 Å². The van der Waals surface area contributed by atoms with Crippen LogP contribution in [0.2, 0.25) is 0 Å². The molecular formula is C15H20N2O4. The zero-order valence-corrected chi connectivity index (χ0v) is 12.0. The fourth-order valence-corrected chi connectivity index (χ4v) is 2.68. The molecule has 2 unspecified atom stereocenters. The van der Waals surface area contributed by atoms with E-state index in [9.17, 15) is 9.90 Å². The average molecular weight is 292 g/mol. The number of para-hydroxylation sites is 1. The van der Waals surface area contributed by atoms with E-state index in [2.05, 4.69) is 10.6 Å². The molecule has 0 aromatic heterocycles. The van der Waals surface area contributed by atoms with Crippen molar-refractivity contribution in [2.75, 3.05) is 31.6 Å². The van der Waals surface area contributed by atoms with E-state index < -0.39 is 5.60 Å². The van der Waals surface area contributed by atoms with Crippen LogP contribution < -0.4 is 15.4 Å². The van der Waals surface area contributed by atoms with E-state index in [0.29, 0.717) is 30.9 Å². The smallest absolute Gasteiger partial charge is 0.255 e. The summed E-state index contributed by atoms with van der Waals surface area (Å²) in [7, 11) is 0. The van der Waals surface area contributed by atoms with Gasteiger partial charge in [0.2, 0.25) is 0 Å². The number of hydrogen-bond donors (Lipinski definition) is 3. The molecule has 21 heavy (non-hydrogen) atoms. The number of benzene rings is 1. The lowest BCUT2D eigenvalue weighted by Crippen LogP contribution is -2.47. The van der Waals surface area contributed by atoms with Crippen molar-refractivity contribution in [2.24, 2.45) is 0 Å². The molecule has 0 radical (unpaired) electrons. The van der Waals surface area contributed by atoms with E-state index >= 15 is 0 Å². The van der Waals surface area contributed by atoms with Gasteiger partial charge in [-0.3, -0.25) is 4.79 Å². The maximum atomic E-state index is 12.4. The second-order valence-corrected chi connectivity index (χ2v) is 5.51. The molecular weight excluding hydrogens is 272 g/mol. The number of rotatable bonds is 3. The maximum Gasteiger partial charge on any atom is 0.255 e. The Morgan fingerprint density at radius 3 is 3.14 bits per heavy atom. The van der Waals surface area contributed by atoms with Crippen molar-refractivity contribution in [1.29, 1.82) is 0 Å². The minimum atomic E-state index is -0.996. The standard InChI is InChI=1S/C15H20N2O4/c1-10-15(19,5-7-20-10)9-17-14(18)11-3-2-4-12-13(11)21-8-6-16-12/h2-4,10,16,19H,5-9H2,1H3,(H,17,18). The summed E-state index contributed by atoms with van der Waals surface area (Å²) in [4.78, 5) is 12.4. The number of carbonyl (C=O) groups is 1. The Labute approximate surface area is 123 Å². The predicted octanol–water partition coefficient (Wildman–Crippen LogP) is 0.761. The van der Waals surface area contributed by atoms with E-state index in [4.69, 9.17) is 9.47 Å². The van der Waals surface area contributed by atoms with Crippen LogP contribution in [0, 0.1) is 0 Å². The number of amides is 1. The molecule has 2 aliphatic heterocycles. The molecule has 1 aromatic carbocycles. The summed E-state index contributed by atoms with van der Waals surface area (Å²) < 4.78 is 10.9. The molecule has 0 bridgehead atoms. The minimum absolute atomic E-state index is 0.171. The van der Waals surface area contributed by atoms with Gasteiger partial charge in [0.25, 0.3) is 5.91 Å². The molecule has 3 N–H and O–H groups in total. The Balaban J connectivity index is 1.71. The van der Waals surface area contributed by atoms with Crippen LogP contribution in [-0.4, -0.2) is 49.0 Å². The molecule has 0 saturated carbocycles. The van der Waals surface area contributed by atoms with Crippen LogP contribution in [0.4, 0.5) is 5.69 Å². The van der Waals surface area contributed by atoms with E-state index in [1.807, 2.05) is 19.1 Å². The lowest BCUT2D eigenvalue weighted by Gasteiger charge is -2.27. The fourth-order valence-electron chi connectivity index (χ4n) is 2.68. The second kappa shape index (κ2) is 5.54. The first-order valence-corrected chi connectivity index (χ1v) is 7.22. The Morgan fingerprint density at radius 2 is 2.38 bits per heavy atom. The summed E-state index contributed by atoms with van der Waals surface area (Å²) in [6.07, 6.45) is 0.250. The van der Waals surface area contributed by atoms with Crippen molar-refractivity contribution in [3.63, 3.8) is 0 Å².